The van der Waals surface area contributed by atoms with Crippen LogP contribution in [0.4, 0.5) is 0 Å². The van der Waals surface area contributed by atoms with Gasteiger partial charge in [-0.1, -0.05) is 6.92 Å². The van der Waals surface area contributed by atoms with Gasteiger partial charge >= 0.3 is 0 Å². The quantitative estimate of drug-likeness (QED) is 0.796. The van der Waals surface area contributed by atoms with E-state index in [0.717, 1.165) is 25.2 Å². The van der Waals surface area contributed by atoms with E-state index in [1.807, 2.05) is 12.1 Å². The van der Waals surface area contributed by atoms with Crippen molar-refractivity contribution in [2.45, 2.75) is 32.3 Å². The first-order valence-corrected chi connectivity index (χ1v) is 7.27. The first kappa shape index (κ1) is 13.4. The van der Waals surface area contributed by atoms with E-state index in [1.54, 1.807) is 6.07 Å². The number of benzene rings is 1. The van der Waals surface area contributed by atoms with Crippen LogP contribution >= 0.6 is 0 Å². The smallest absolute Gasteiger partial charge is 0.165 e. The van der Waals surface area contributed by atoms with Crippen LogP contribution in [0.5, 0.6) is 11.5 Å². The second-order valence-corrected chi connectivity index (χ2v) is 5.65. The molecule has 4 heteroatoms. The Labute approximate surface area is 119 Å². The van der Waals surface area contributed by atoms with Gasteiger partial charge in [0.1, 0.15) is 0 Å². The molecule has 1 fully saturated rings. The van der Waals surface area contributed by atoms with Crippen LogP contribution in [-0.4, -0.2) is 31.7 Å². The first-order valence-electron chi connectivity index (χ1n) is 7.27. The molecule has 108 valence electrons. The van der Waals surface area contributed by atoms with Crippen molar-refractivity contribution in [1.82, 2.24) is 0 Å². The summed E-state index contributed by atoms with van der Waals surface area (Å²) in [7, 11) is 0. The number of Topliss-reactive ketones (excluding diaryl/α,β-unsaturated/α-hetero) is 1. The minimum Gasteiger partial charge on any atom is -0.489 e. The van der Waals surface area contributed by atoms with Crippen molar-refractivity contribution < 1.29 is 19.0 Å². The summed E-state index contributed by atoms with van der Waals surface area (Å²) in [5.41, 5.74) is 0.678. The zero-order chi connectivity index (χ0) is 13.9. The molecule has 1 saturated heterocycles. The third-order valence-corrected chi connectivity index (χ3v) is 3.75. The highest BCUT2D eigenvalue weighted by Crippen LogP contribution is 2.32. The fourth-order valence-corrected chi connectivity index (χ4v) is 2.56. The highest BCUT2D eigenvalue weighted by molar-refractivity contribution is 5.97. The van der Waals surface area contributed by atoms with Gasteiger partial charge in [0.05, 0.1) is 19.3 Å². The van der Waals surface area contributed by atoms with Gasteiger partial charge in [-0.2, -0.15) is 0 Å². The van der Waals surface area contributed by atoms with Crippen molar-refractivity contribution in [3.05, 3.63) is 23.8 Å². The number of carbonyl (C=O) groups is 1. The van der Waals surface area contributed by atoms with Crippen LogP contribution in [0.15, 0.2) is 18.2 Å². The van der Waals surface area contributed by atoms with Crippen LogP contribution < -0.4 is 9.47 Å². The van der Waals surface area contributed by atoms with Crippen molar-refractivity contribution in [3.63, 3.8) is 0 Å². The van der Waals surface area contributed by atoms with E-state index in [9.17, 15) is 4.79 Å². The molecule has 0 aromatic heterocycles. The number of carbonyl (C=O) groups excluding carboxylic acids is 1. The molecule has 0 bridgehead atoms. The molecular formula is C16H20O4. The summed E-state index contributed by atoms with van der Waals surface area (Å²) in [6.45, 7) is 4.12. The van der Waals surface area contributed by atoms with Crippen LogP contribution in [0.3, 0.4) is 0 Å². The average molecular weight is 276 g/mol. The molecule has 1 aromatic carbocycles. The second-order valence-electron chi connectivity index (χ2n) is 5.65. The van der Waals surface area contributed by atoms with Gasteiger partial charge in [0.15, 0.2) is 17.3 Å². The van der Waals surface area contributed by atoms with Gasteiger partial charge in [0.2, 0.25) is 0 Å². The molecule has 20 heavy (non-hydrogen) atoms. The Morgan fingerprint density at radius 2 is 2.05 bits per heavy atom. The molecule has 4 nitrogen and oxygen atoms in total. The zero-order valence-corrected chi connectivity index (χ0v) is 11.8. The first-order chi connectivity index (χ1) is 9.72. The normalized spacial score (nSPS) is 25.2. The summed E-state index contributed by atoms with van der Waals surface area (Å²) in [4.78, 5) is 12.3. The summed E-state index contributed by atoms with van der Waals surface area (Å²) in [5.74, 6) is 1.87. The van der Waals surface area contributed by atoms with Crippen LogP contribution in [0.2, 0.25) is 0 Å². The van der Waals surface area contributed by atoms with E-state index in [2.05, 4.69) is 6.92 Å². The van der Waals surface area contributed by atoms with Gasteiger partial charge < -0.3 is 14.2 Å². The third-order valence-electron chi connectivity index (χ3n) is 3.75. The van der Waals surface area contributed by atoms with E-state index in [4.69, 9.17) is 14.2 Å². The molecule has 2 atom stereocenters. The SMILES string of the molecule is CC1COc2ccc(C(=O)CC3CCCO3)cc2OC1. The van der Waals surface area contributed by atoms with E-state index in [1.165, 1.54) is 0 Å². The molecule has 1 aromatic rings. The lowest BCUT2D eigenvalue weighted by molar-refractivity contribution is 0.0775. The predicted molar refractivity (Wildman–Crippen MR) is 74.5 cm³/mol. The predicted octanol–water partition coefficient (Wildman–Crippen LogP) is 2.85. The lowest BCUT2D eigenvalue weighted by Gasteiger charge is -2.11. The van der Waals surface area contributed by atoms with Crippen LogP contribution in [-0.2, 0) is 4.74 Å². The Morgan fingerprint density at radius 1 is 1.25 bits per heavy atom. The van der Waals surface area contributed by atoms with Crippen molar-refractivity contribution in [1.29, 1.82) is 0 Å². The molecule has 0 amide bonds. The number of hydrogen-bond donors (Lipinski definition) is 0. The molecule has 0 radical (unpaired) electrons. The fraction of sp³-hybridized carbons (Fsp3) is 0.562. The van der Waals surface area contributed by atoms with E-state index in [0.29, 0.717) is 36.9 Å². The van der Waals surface area contributed by atoms with E-state index in [-0.39, 0.29) is 11.9 Å². The number of rotatable bonds is 3. The molecule has 0 spiro atoms. The molecule has 2 aliphatic heterocycles. The van der Waals surface area contributed by atoms with Gasteiger partial charge in [-0.15, -0.1) is 0 Å². The fourth-order valence-electron chi connectivity index (χ4n) is 2.56. The average Bonchev–Trinajstić information content (AvgIpc) is 2.88. The Morgan fingerprint density at radius 3 is 2.80 bits per heavy atom. The zero-order valence-electron chi connectivity index (χ0n) is 11.8. The molecular weight excluding hydrogens is 256 g/mol. The third kappa shape index (κ3) is 2.96. The number of ether oxygens (including phenoxy) is 3. The van der Waals surface area contributed by atoms with E-state index >= 15 is 0 Å². The maximum absolute atomic E-state index is 12.3. The van der Waals surface area contributed by atoms with Gasteiger partial charge in [-0.3, -0.25) is 4.79 Å². The van der Waals surface area contributed by atoms with Gasteiger partial charge in [0.25, 0.3) is 0 Å². The Hall–Kier alpha value is -1.55. The maximum atomic E-state index is 12.3. The number of ketones is 1. The molecule has 2 heterocycles. The number of hydrogen-bond acceptors (Lipinski definition) is 4. The summed E-state index contributed by atoms with van der Waals surface area (Å²) in [6, 6.07) is 5.44. The van der Waals surface area contributed by atoms with Crippen LogP contribution in [0.25, 0.3) is 0 Å². The molecule has 0 saturated carbocycles. The van der Waals surface area contributed by atoms with E-state index < -0.39 is 0 Å². The summed E-state index contributed by atoms with van der Waals surface area (Å²) in [5, 5.41) is 0. The van der Waals surface area contributed by atoms with Crippen molar-refractivity contribution in [2.75, 3.05) is 19.8 Å². The lowest BCUT2D eigenvalue weighted by Crippen LogP contribution is -2.13. The summed E-state index contributed by atoms with van der Waals surface area (Å²) >= 11 is 0. The minimum atomic E-state index is 0.0819. The maximum Gasteiger partial charge on any atom is 0.165 e. The molecule has 0 aliphatic carbocycles. The molecule has 2 unspecified atom stereocenters. The molecule has 2 aliphatic rings. The van der Waals surface area contributed by atoms with Crippen molar-refractivity contribution >= 4 is 5.78 Å². The second kappa shape index (κ2) is 5.83. The van der Waals surface area contributed by atoms with Crippen molar-refractivity contribution in [3.8, 4) is 11.5 Å². The van der Waals surface area contributed by atoms with Gasteiger partial charge in [-0.25, -0.2) is 0 Å². The lowest BCUT2D eigenvalue weighted by atomic mass is 10.0. The largest absolute Gasteiger partial charge is 0.489 e. The Bertz CT molecular complexity index is 491. The number of fused-ring (bicyclic) bond motifs is 1. The van der Waals surface area contributed by atoms with Gasteiger partial charge in [-0.05, 0) is 31.0 Å². The minimum absolute atomic E-state index is 0.0819. The van der Waals surface area contributed by atoms with Crippen LogP contribution in [0, 0.1) is 5.92 Å². The standard InChI is InChI=1S/C16H20O4/c1-11-9-19-15-5-4-12(7-16(15)20-10-11)14(17)8-13-3-2-6-18-13/h4-5,7,11,13H,2-3,6,8-10H2,1H3. The monoisotopic (exact) mass is 276 g/mol. The highest BCUT2D eigenvalue weighted by Gasteiger charge is 2.22. The Kier molecular flexibility index (Phi) is 3.92. The highest BCUT2D eigenvalue weighted by atomic mass is 16.5. The van der Waals surface area contributed by atoms with Crippen LogP contribution in [0.1, 0.15) is 36.5 Å². The molecule has 0 N–H and O–H groups in total. The Balaban J connectivity index is 1.72. The van der Waals surface area contributed by atoms with Gasteiger partial charge in [0, 0.05) is 24.5 Å². The summed E-state index contributed by atoms with van der Waals surface area (Å²) in [6.07, 6.45) is 2.57. The molecule has 3 rings (SSSR count). The topological polar surface area (TPSA) is 44.8 Å². The van der Waals surface area contributed by atoms with Crippen molar-refractivity contribution in [2.24, 2.45) is 5.92 Å². The summed E-state index contributed by atoms with van der Waals surface area (Å²) < 4.78 is 16.9.